The Balaban J connectivity index is 2.01. The summed E-state index contributed by atoms with van der Waals surface area (Å²) in [5.41, 5.74) is 4.94. The van der Waals surface area contributed by atoms with Crippen molar-refractivity contribution in [3.8, 4) is 0 Å². The van der Waals surface area contributed by atoms with Crippen LogP contribution in [0.4, 0.5) is 0 Å². The second kappa shape index (κ2) is 7.25. The molecule has 0 unspecified atom stereocenters. The molecule has 5 heteroatoms. The molecule has 0 fully saturated rings. The Morgan fingerprint density at radius 2 is 1.90 bits per heavy atom. The molecule has 0 aliphatic rings. The van der Waals surface area contributed by atoms with Gasteiger partial charge in [0.25, 0.3) is 5.91 Å². The van der Waals surface area contributed by atoms with E-state index in [2.05, 4.69) is 17.5 Å². The smallest absolute Gasteiger partial charge is 0.267 e. The van der Waals surface area contributed by atoms with Gasteiger partial charge < -0.3 is 0 Å². The highest BCUT2D eigenvalue weighted by atomic mass is 35.5. The number of halogens is 2. The van der Waals surface area contributed by atoms with Gasteiger partial charge in [-0.05, 0) is 35.7 Å². The first-order valence-corrected chi connectivity index (χ1v) is 7.23. The van der Waals surface area contributed by atoms with Crippen molar-refractivity contribution in [3.05, 3.63) is 69.2 Å². The summed E-state index contributed by atoms with van der Waals surface area (Å²) in [7, 11) is 0. The zero-order chi connectivity index (χ0) is 15.2. The minimum Gasteiger partial charge on any atom is -0.267 e. The molecule has 0 aliphatic heterocycles. The maximum atomic E-state index is 11.9. The molecule has 3 nitrogen and oxygen atoms in total. The van der Waals surface area contributed by atoms with Crippen molar-refractivity contribution < 1.29 is 4.79 Å². The van der Waals surface area contributed by atoms with Crippen molar-refractivity contribution >= 4 is 35.3 Å². The number of benzene rings is 2. The number of amides is 1. The monoisotopic (exact) mass is 320 g/mol. The fourth-order valence-corrected chi connectivity index (χ4v) is 2.23. The van der Waals surface area contributed by atoms with Crippen molar-refractivity contribution in [3.63, 3.8) is 0 Å². The highest BCUT2D eigenvalue weighted by molar-refractivity contribution is 6.36. The van der Waals surface area contributed by atoms with E-state index in [1.54, 1.807) is 18.3 Å². The molecule has 1 N–H and O–H groups in total. The van der Waals surface area contributed by atoms with E-state index in [0.717, 1.165) is 12.0 Å². The van der Waals surface area contributed by atoms with Crippen molar-refractivity contribution in [2.75, 3.05) is 0 Å². The Morgan fingerprint density at radius 3 is 2.52 bits per heavy atom. The third-order valence-corrected chi connectivity index (χ3v) is 3.49. The van der Waals surface area contributed by atoms with Gasteiger partial charge in [-0.3, -0.25) is 4.79 Å². The molecule has 0 aliphatic carbocycles. The van der Waals surface area contributed by atoms with Gasteiger partial charge in [-0.15, -0.1) is 0 Å². The third-order valence-electron chi connectivity index (χ3n) is 2.94. The summed E-state index contributed by atoms with van der Waals surface area (Å²) in [5.74, 6) is -0.377. The number of aryl methyl sites for hydroxylation is 1. The number of rotatable bonds is 4. The largest absolute Gasteiger partial charge is 0.272 e. The Hall–Kier alpha value is -1.84. The molecule has 0 atom stereocenters. The zero-order valence-electron chi connectivity index (χ0n) is 11.4. The van der Waals surface area contributed by atoms with E-state index >= 15 is 0 Å². The second-order valence-electron chi connectivity index (χ2n) is 4.42. The van der Waals surface area contributed by atoms with Gasteiger partial charge in [0.15, 0.2) is 0 Å². The Bertz CT molecular complexity index is 666. The predicted octanol–water partition coefficient (Wildman–Crippen LogP) is 4.32. The molecule has 0 saturated heterocycles. The molecule has 0 radical (unpaired) electrons. The van der Waals surface area contributed by atoms with E-state index in [9.17, 15) is 4.79 Å². The van der Waals surface area contributed by atoms with E-state index < -0.39 is 0 Å². The van der Waals surface area contributed by atoms with E-state index in [-0.39, 0.29) is 5.91 Å². The van der Waals surface area contributed by atoms with Crippen LogP contribution in [0.25, 0.3) is 0 Å². The molecular formula is C16H14Cl2N2O. The van der Waals surface area contributed by atoms with Gasteiger partial charge in [0.2, 0.25) is 0 Å². The van der Waals surface area contributed by atoms with Crippen molar-refractivity contribution in [1.82, 2.24) is 5.43 Å². The summed E-state index contributed by atoms with van der Waals surface area (Å²) in [6.45, 7) is 2.10. The third kappa shape index (κ3) is 4.31. The molecule has 2 aromatic carbocycles. The van der Waals surface area contributed by atoms with Crippen LogP contribution in [0.3, 0.4) is 0 Å². The lowest BCUT2D eigenvalue weighted by molar-refractivity contribution is 0.0955. The summed E-state index contributed by atoms with van der Waals surface area (Å²) < 4.78 is 0. The zero-order valence-corrected chi connectivity index (χ0v) is 12.9. The molecule has 21 heavy (non-hydrogen) atoms. The SMILES string of the molecule is CCc1ccc(C=NNC(=O)c2ccc(Cl)cc2Cl)cc1. The minimum absolute atomic E-state index is 0.294. The normalized spacial score (nSPS) is 10.8. The summed E-state index contributed by atoms with van der Waals surface area (Å²) in [5, 5.41) is 4.70. The summed E-state index contributed by atoms with van der Waals surface area (Å²) >= 11 is 11.7. The van der Waals surface area contributed by atoms with Gasteiger partial charge in [0.1, 0.15) is 0 Å². The molecule has 0 aromatic heterocycles. The van der Waals surface area contributed by atoms with Crippen LogP contribution in [0, 0.1) is 0 Å². The number of hydrogen-bond acceptors (Lipinski definition) is 2. The van der Waals surface area contributed by atoms with E-state index in [0.29, 0.717) is 15.6 Å². The Morgan fingerprint density at radius 1 is 1.19 bits per heavy atom. The van der Waals surface area contributed by atoms with Gasteiger partial charge in [0, 0.05) is 5.02 Å². The molecule has 0 bridgehead atoms. The van der Waals surface area contributed by atoms with Crippen molar-refractivity contribution in [2.24, 2.45) is 5.10 Å². The van der Waals surface area contributed by atoms with Gasteiger partial charge in [-0.2, -0.15) is 5.10 Å². The van der Waals surface area contributed by atoms with Crippen LogP contribution in [0.1, 0.15) is 28.4 Å². The summed E-state index contributed by atoms with van der Waals surface area (Å²) in [4.78, 5) is 11.9. The standard InChI is InChI=1S/C16H14Cl2N2O/c1-2-11-3-5-12(6-4-11)10-19-20-16(21)14-8-7-13(17)9-15(14)18/h3-10H,2H2,1H3,(H,20,21). The Labute approximate surface area is 133 Å². The van der Waals surface area contributed by atoms with Crippen LogP contribution in [0.5, 0.6) is 0 Å². The fraction of sp³-hybridized carbons (Fsp3) is 0.125. The fourth-order valence-electron chi connectivity index (χ4n) is 1.74. The van der Waals surface area contributed by atoms with Crippen LogP contribution in [-0.2, 0) is 6.42 Å². The van der Waals surface area contributed by atoms with Gasteiger partial charge in [-0.25, -0.2) is 5.43 Å². The molecule has 2 rings (SSSR count). The first-order valence-electron chi connectivity index (χ1n) is 6.47. The van der Waals surface area contributed by atoms with Gasteiger partial charge >= 0.3 is 0 Å². The van der Waals surface area contributed by atoms with Crippen LogP contribution in [-0.4, -0.2) is 12.1 Å². The minimum atomic E-state index is -0.377. The predicted molar refractivity (Wildman–Crippen MR) is 87.3 cm³/mol. The molecule has 1 amide bonds. The average molecular weight is 321 g/mol. The number of carbonyl (C=O) groups is 1. The maximum absolute atomic E-state index is 11.9. The lowest BCUT2D eigenvalue weighted by Gasteiger charge is -2.03. The first-order chi connectivity index (χ1) is 10.1. The van der Waals surface area contributed by atoms with Crippen LogP contribution < -0.4 is 5.43 Å². The molecule has 2 aromatic rings. The number of hydrogen-bond donors (Lipinski definition) is 1. The maximum Gasteiger partial charge on any atom is 0.272 e. The lowest BCUT2D eigenvalue weighted by atomic mass is 10.1. The highest BCUT2D eigenvalue weighted by Gasteiger charge is 2.09. The van der Waals surface area contributed by atoms with E-state index in [1.165, 1.54) is 11.6 Å². The van der Waals surface area contributed by atoms with Crippen LogP contribution in [0.15, 0.2) is 47.6 Å². The number of carbonyl (C=O) groups excluding carboxylic acids is 1. The van der Waals surface area contributed by atoms with Gasteiger partial charge in [-0.1, -0.05) is 54.4 Å². The lowest BCUT2D eigenvalue weighted by Crippen LogP contribution is -2.18. The summed E-state index contributed by atoms with van der Waals surface area (Å²) in [6, 6.07) is 12.6. The van der Waals surface area contributed by atoms with Crippen LogP contribution >= 0.6 is 23.2 Å². The molecular weight excluding hydrogens is 307 g/mol. The quantitative estimate of drug-likeness (QED) is 0.661. The average Bonchev–Trinajstić information content (AvgIpc) is 2.47. The molecule has 0 spiro atoms. The molecule has 0 heterocycles. The Kier molecular flexibility index (Phi) is 5.37. The van der Waals surface area contributed by atoms with Gasteiger partial charge in [0.05, 0.1) is 16.8 Å². The van der Waals surface area contributed by atoms with E-state index in [4.69, 9.17) is 23.2 Å². The first kappa shape index (κ1) is 15.5. The summed E-state index contributed by atoms with van der Waals surface area (Å²) in [6.07, 6.45) is 2.57. The molecule has 108 valence electrons. The number of nitrogens with one attached hydrogen (secondary N) is 1. The van der Waals surface area contributed by atoms with Crippen molar-refractivity contribution in [2.45, 2.75) is 13.3 Å². The van der Waals surface area contributed by atoms with Crippen molar-refractivity contribution in [1.29, 1.82) is 0 Å². The second-order valence-corrected chi connectivity index (χ2v) is 5.26. The van der Waals surface area contributed by atoms with Crippen LogP contribution in [0.2, 0.25) is 10.0 Å². The molecule has 0 saturated carbocycles. The topological polar surface area (TPSA) is 41.5 Å². The number of nitrogens with zero attached hydrogens (tertiary/aromatic N) is 1. The van der Waals surface area contributed by atoms with E-state index in [1.807, 2.05) is 24.3 Å². The highest BCUT2D eigenvalue weighted by Crippen LogP contribution is 2.20. The number of hydrazone groups is 1.